The molecular weight excluding hydrogens is 316 g/mol. The topological polar surface area (TPSA) is 66.8 Å². The summed E-state index contributed by atoms with van der Waals surface area (Å²) < 4.78 is 6.12. The lowest BCUT2D eigenvalue weighted by Gasteiger charge is -2.36. The molecule has 0 amide bonds. The van der Waals surface area contributed by atoms with Gasteiger partial charge in [-0.2, -0.15) is 0 Å². The number of allylic oxidation sites excluding steroid dienone is 2. The summed E-state index contributed by atoms with van der Waals surface area (Å²) >= 11 is 0. The maximum absolute atomic E-state index is 12.5. The molecule has 0 aromatic heterocycles. The molecule has 25 heavy (non-hydrogen) atoms. The molecule has 0 unspecified atom stereocenters. The lowest BCUT2D eigenvalue weighted by molar-refractivity contribution is 0.0560. The third-order valence-electron chi connectivity index (χ3n) is 5.14. The van der Waals surface area contributed by atoms with Crippen LogP contribution in [0.5, 0.6) is 17.2 Å². The number of phenolic OH excluding ortho intramolecular Hbond substituents is 2. The normalized spacial score (nSPS) is 20.4. The number of hydrogen-bond donors (Lipinski definition) is 2. The average Bonchev–Trinajstić information content (AvgIpc) is 2.52. The Morgan fingerprint density at radius 3 is 2.68 bits per heavy atom. The Morgan fingerprint density at radius 2 is 2.08 bits per heavy atom. The number of ketones is 1. The van der Waals surface area contributed by atoms with E-state index in [1.165, 1.54) is 11.6 Å². The van der Waals surface area contributed by atoms with Crippen LogP contribution in [0.15, 0.2) is 17.7 Å². The van der Waals surface area contributed by atoms with Gasteiger partial charge in [-0.15, -0.1) is 0 Å². The first-order valence-electron chi connectivity index (χ1n) is 9.13. The third kappa shape index (κ3) is 4.17. The molecule has 1 aliphatic rings. The fourth-order valence-corrected chi connectivity index (χ4v) is 3.23. The van der Waals surface area contributed by atoms with Gasteiger partial charge in [0.15, 0.2) is 5.78 Å². The van der Waals surface area contributed by atoms with Crippen LogP contribution >= 0.6 is 0 Å². The summed E-state index contributed by atoms with van der Waals surface area (Å²) in [6.45, 7) is 9.92. The predicted octanol–water partition coefficient (Wildman–Crippen LogP) is 5.16. The van der Waals surface area contributed by atoms with Crippen molar-refractivity contribution in [1.82, 2.24) is 0 Å². The summed E-state index contributed by atoms with van der Waals surface area (Å²) in [5, 5.41) is 20.9. The number of fused-ring (bicyclic) bond motifs is 1. The summed E-state index contributed by atoms with van der Waals surface area (Å²) in [5.74, 6) is -0.297. The van der Waals surface area contributed by atoms with Gasteiger partial charge in [0.1, 0.15) is 28.4 Å². The van der Waals surface area contributed by atoms with Gasteiger partial charge in [0.2, 0.25) is 0 Å². The molecule has 4 nitrogen and oxygen atoms in total. The number of Topliss-reactive ketones (excluding diaryl/α,β-unsaturated/α-hetero) is 1. The van der Waals surface area contributed by atoms with E-state index in [1.807, 2.05) is 6.92 Å². The summed E-state index contributed by atoms with van der Waals surface area (Å²) in [5.41, 5.74) is 1.61. The van der Waals surface area contributed by atoms with E-state index in [4.69, 9.17) is 4.74 Å². The molecule has 2 N–H and O–H groups in total. The lowest BCUT2D eigenvalue weighted by Crippen LogP contribution is -2.36. The maximum atomic E-state index is 12.5. The summed E-state index contributed by atoms with van der Waals surface area (Å²) in [4.78, 5) is 12.5. The van der Waals surface area contributed by atoms with Crippen LogP contribution in [0.4, 0.5) is 0 Å². The van der Waals surface area contributed by atoms with Crippen LogP contribution in [-0.4, -0.2) is 21.6 Å². The highest BCUT2D eigenvalue weighted by atomic mass is 16.5. The molecule has 0 spiro atoms. The van der Waals surface area contributed by atoms with Crippen molar-refractivity contribution in [3.63, 3.8) is 0 Å². The van der Waals surface area contributed by atoms with Gasteiger partial charge in [0.25, 0.3) is 0 Å². The van der Waals surface area contributed by atoms with Crippen molar-refractivity contribution < 1.29 is 19.7 Å². The zero-order chi connectivity index (χ0) is 18.8. The first-order valence-corrected chi connectivity index (χ1v) is 9.13. The quantitative estimate of drug-likeness (QED) is 0.552. The Hall–Kier alpha value is -1.97. The molecule has 4 heteroatoms. The molecule has 2 rings (SSSR count). The Kier molecular flexibility index (Phi) is 5.81. The molecule has 0 aliphatic carbocycles. The average molecular weight is 346 g/mol. The number of phenols is 2. The highest BCUT2D eigenvalue weighted by Gasteiger charge is 2.35. The van der Waals surface area contributed by atoms with E-state index in [2.05, 4.69) is 26.8 Å². The van der Waals surface area contributed by atoms with Gasteiger partial charge in [0.05, 0.1) is 0 Å². The number of ether oxygens (including phenoxy) is 1. The predicted molar refractivity (Wildman–Crippen MR) is 99.6 cm³/mol. The van der Waals surface area contributed by atoms with Gasteiger partial charge in [-0.25, -0.2) is 0 Å². The molecular formula is C21H30O4. The standard InChI is InChI=1S/C21H30O4/c1-6-14(4)19(23)18-16(22)12-17-15(20(18)24)9-11-21(5,25-17)10-7-8-13(2)3/h8,12,14,22,24H,6-7,9-11H2,1-5H3/t14-,21-/m1/s1. The minimum Gasteiger partial charge on any atom is -0.507 e. The number of benzene rings is 1. The van der Waals surface area contributed by atoms with Crippen LogP contribution in [0.25, 0.3) is 0 Å². The molecule has 2 atom stereocenters. The minimum absolute atomic E-state index is 0.0323. The van der Waals surface area contributed by atoms with E-state index < -0.39 is 0 Å². The van der Waals surface area contributed by atoms with Crippen LogP contribution in [0.3, 0.4) is 0 Å². The van der Waals surface area contributed by atoms with Crippen LogP contribution in [0, 0.1) is 5.92 Å². The smallest absolute Gasteiger partial charge is 0.173 e. The number of rotatable bonds is 6. The fourth-order valence-electron chi connectivity index (χ4n) is 3.23. The van der Waals surface area contributed by atoms with Crippen molar-refractivity contribution in [3.8, 4) is 17.2 Å². The van der Waals surface area contributed by atoms with Crippen molar-refractivity contribution in [1.29, 1.82) is 0 Å². The van der Waals surface area contributed by atoms with Crippen LogP contribution in [0.1, 0.15) is 76.2 Å². The highest BCUT2D eigenvalue weighted by Crippen LogP contribution is 2.45. The number of aromatic hydroxyl groups is 2. The van der Waals surface area contributed by atoms with E-state index in [1.54, 1.807) is 6.92 Å². The largest absolute Gasteiger partial charge is 0.507 e. The Balaban J connectivity index is 2.30. The minimum atomic E-state index is -0.333. The van der Waals surface area contributed by atoms with Crippen LogP contribution in [0.2, 0.25) is 0 Å². The molecule has 138 valence electrons. The number of carbonyl (C=O) groups excluding carboxylic acids is 1. The fraction of sp³-hybridized carbons (Fsp3) is 0.571. The Bertz CT molecular complexity index is 686. The molecule has 1 aliphatic heterocycles. The molecule has 0 saturated heterocycles. The van der Waals surface area contributed by atoms with Gasteiger partial charge < -0.3 is 14.9 Å². The van der Waals surface area contributed by atoms with E-state index in [9.17, 15) is 15.0 Å². The molecule has 0 fully saturated rings. The first kappa shape index (κ1) is 19.4. The highest BCUT2D eigenvalue weighted by molar-refractivity contribution is 6.03. The van der Waals surface area contributed by atoms with Crippen LogP contribution in [-0.2, 0) is 6.42 Å². The zero-order valence-corrected chi connectivity index (χ0v) is 16.0. The number of carbonyl (C=O) groups is 1. The zero-order valence-electron chi connectivity index (χ0n) is 16.0. The van der Waals surface area contributed by atoms with Crippen molar-refractivity contribution in [2.24, 2.45) is 5.92 Å². The van der Waals surface area contributed by atoms with Gasteiger partial charge in [-0.3, -0.25) is 4.79 Å². The second-order valence-corrected chi connectivity index (χ2v) is 7.64. The van der Waals surface area contributed by atoms with E-state index >= 15 is 0 Å². The Labute approximate surface area is 150 Å². The molecule has 1 aromatic rings. The molecule has 1 heterocycles. The van der Waals surface area contributed by atoms with Gasteiger partial charge in [0, 0.05) is 17.5 Å². The summed E-state index contributed by atoms with van der Waals surface area (Å²) in [6.07, 6.45) is 6.05. The SMILES string of the molecule is CC[C@@H](C)C(=O)c1c(O)cc2c(c1O)CC[C@@](C)(CCC=C(C)C)O2. The van der Waals surface area contributed by atoms with Crippen molar-refractivity contribution in [2.75, 3.05) is 0 Å². The van der Waals surface area contributed by atoms with E-state index in [0.717, 1.165) is 19.3 Å². The molecule has 0 bridgehead atoms. The molecule has 1 aromatic carbocycles. The monoisotopic (exact) mass is 346 g/mol. The van der Waals surface area contributed by atoms with Crippen molar-refractivity contribution >= 4 is 5.78 Å². The molecule has 0 saturated carbocycles. The third-order valence-corrected chi connectivity index (χ3v) is 5.14. The van der Waals surface area contributed by atoms with Gasteiger partial charge in [-0.05, 0) is 52.9 Å². The summed E-state index contributed by atoms with van der Waals surface area (Å²) in [7, 11) is 0. The lowest BCUT2D eigenvalue weighted by atomic mass is 9.86. The second kappa shape index (κ2) is 7.51. The first-order chi connectivity index (χ1) is 11.7. The number of hydrogen-bond acceptors (Lipinski definition) is 4. The van der Waals surface area contributed by atoms with Gasteiger partial charge >= 0.3 is 0 Å². The Morgan fingerprint density at radius 1 is 1.40 bits per heavy atom. The molecule has 0 radical (unpaired) electrons. The van der Waals surface area contributed by atoms with E-state index in [0.29, 0.717) is 24.2 Å². The van der Waals surface area contributed by atoms with Gasteiger partial charge in [-0.1, -0.05) is 25.5 Å². The maximum Gasteiger partial charge on any atom is 0.173 e. The van der Waals surface area contributed by atoms with Crippen molar-refractivity contribution in [3.05, 3.63) is 28.8 Å². The van der Waals surface area contributed by atoms with Crippen LogP contribution < -0.4 is 4.74 Å². The van der Waals surface area contributed by atoms with E-state index in [-0.39, 0.29) is 34.4 Å². The van der Waals surface area contributed by atoms with Crippen molar-refractivity contribution in [2.45, 2.75) is 72.3 Å². The summed E-state index contributed by atoms with van der Waals surface area (Å²) in [6, 6.07) is 1.49. The second-order valence-electron chi connectivity index (χ2n) is 7.64.